The molecule has 5 nitrogen and oxygen atoms in total. The van der Waals surface area contributed by atoms with E-state index in [2.05, 4.69) is 9.98 Å². The Labute approximate surface area is 124 Å². The lowest BCUT2D eigenvalue weighted by Crippen LogP contribution is -2.27. The molecule has 2 heterocycles. The van der Waals surface area contributed by atoms with Crippen molar-refractivity contribution in [3.8, 4) is 0 Å². The summed E-state index contributed by atoms with van der Waals surface area (Å²) in [4.78, 5) is 10.1. The van der Waals surface area contributed by atoms with Crippen LogP contribution in [0.4, 0.5) is 4.39 Å². The minimum atomic E-state index is -0.471. The number of methoxy groups -OCH3 is 2. The van der Waals surface area contributed by atoms with Crippen LogP contribution < -0.4 is 0 Å². The van der Waals surface area contributed by atoms with Gasteiger partial charge in [0.25, 0.3) is 0 Å². The summed E-state index contributed by atoms with van der Waals surface area (Å²) in [7, 11) is 3.22. The first kappa shape index (κ1) is 15.6. The van der Waals surface area contributed by atoms with E-state index < -0.39 is 5.95 Å². The highest BCUT2D eigenvalue weighted by Crippen LogP contribution is 2.19. The molecule has 1 aromatic rings. The zero-order chi connectivity index (χ0) is 15.2. The molecule has 0 N–H and O–H groups in total. The molecule has 2 rings (SSSR count). The van der Waals surface area contributed by atoms with Gasteiger partial charge in [-0.05, 0) is 19.1 Å². The van der Waals surface area contributed by atoms with Crippen molar-refractivity contribution in [3.05, 3.63) is 35.5 Å². The quantitative estimate of drug-likeness (QED) is 0.596. The first-order valence-electron chi connectivity index (χ1n) is 6.79. The lowest BCUT2D eigenvalue weighted by molar-refractivity contribution is -0.108. The second-order valence-electron chi connectivity index (χ2n) is 4.83. The van der Waals surface area contributed by atoms with Crippen LogP contribution in [-0.2, 0) is 9.47 Å². The van der Waals surface area contributed by atoms with Crippen molar-refractivity contribution in [1.29, 1.82) is 0 Å². The summed E-state index contributed by atoms with van der Waals surface area (Å²) in [6.45, 7) is 3.02. The number of hydrogen-bond donors (Lipinski definition) is 0. The molecule has 0 bridgehead atoms. The zero-order valence-corrected chi connectivity index (χ0v) is 12.5. The van der Waals surface area contributed by atoms with Crippen molar-refractivity contribution < 1.29 is 13.9 Å². The van der Waals surface area contributed by atoms with Crippen LogP contribution in [0.3, 0.4) is 0 Å². The van der Waals surface area contributed by atoms with E-state index in [0.29, 0.717) is 30.9 Å². The normalized spacial score (nSPS) is 14.7. The molecule has 0 aromatic carbocycles. The smallest absolute Gasteiger partial charge is 0.221 e. The van der Waals surface area contributed by atoms with Gasteiger partial charge in [-0.15, -0.1) is 0 Å². The molecule has 0 atom stereocenters. The molecule has 6 heteroatoms. The summed E-state index contributed by atoms with van der Waals surface area (Å²) in [5.74, 6) is -0.471. The van der Waals surface area contributed by atoms with Crippen molar-refractivity contribution >= 4 is 11.8 Å². The molecule has 0 aliphatic carbocycles. The third kappa shape index (κ3) is 4.09. The molecule has 1 aromatic heterocycles. The van der Waals surface area contributed by atoms with E-state index in [1.165, 1.54) is 0 Å². The van der Waals surface area contributed by atoms with Gasteiger partial charge in [-0.3, -0.25) is 4.99 Å². The number of aliphatic imine (C=N–C) groups is 1. The van der Waals surface area contributed by atoms with Gasteiger partial charge in [0.05, 0.1) is 0 Å². The van der Waals surface area contributed by atoms with Gasteiger partial charge in [0.15, 0.2) is 6.29 Å². The lowest BCUT2D eigenvalue weighted by atomic mass is 10.1. The Bertz CT molecular complexity index is 542. The molecular weight excluding hydrogens is 273 g/mol. The number of pyridine rings is 1. The van der Waals surface area contributed by atoms with Crippen LogP contribution in [0, 0.1) is 12.9 Å². The largest absolute Gasteiger partial charge is 0.358 e. The summed E-state index contributed by atoms with van der Waals surface area (Å²) < 4.78 is 24.2. The Morgan fingerprint density at radius 3 is 2.76 bits per heavy atom. The van der Waals surface area contributed by atoms with Gasteiger partial charge in [0.1, 0.15) is 6.67 Å². The van der Waals surface area contributed by atoms with Gasteiger partial charge in [0.2, 0.25) is 5.95 Å². The van der Waals surface area contributed by atoms with Gasteiger partial charge in [-0.2, -0.15) is 4.39 Å². The fraction of sp³-hybridized carbons (Fsp3) is 0.467. The second-order valence-corrected chi connectivity index (χ2v) is 4.83. The van der Waals surface area contributed by atoms with Crippen molar-refractivity contribution in [3.63, 3.8) is 0 Å². The standard InChI is InChI=1S/C15H20FN3O2/c1-11-4-5-13(15(16)18-11)12-8-17-10-19(9-12)7-6-14(20-2)21-3/h4-5,8-9,14H,6-7,10H2,1-3H3. The number of aryl methyl sites for hydroxylation is 1. The molecule has 0 radical (unpaired) electrons. The Morgan fingerprint density at radius 1 is 1.33 bits per heavy atom. The summed E-state index contributed by atoms with van der Waals surface area (Å²) >= 11 is 0. The van der Waals surface area contributed by atoms with Crippen molar-refractivity contribution in [2.24, 2.45) is 4.99 Å². The summed E-state index contributed by atoms with van der Waals surface area (Å²) in [5.41, 5.74) is 1.84. The Balaban J connectivity index is 2.08. The van der Waals surface area contributed by atoms with E-state index in [-0.39, 0.29) is 6.29 Å². The third-order valence-corrected chi connectivity index (χ3v) is 3.29. The maximum Gasteiger partial charge on any atom is 0.221 e. The predicted octanol–water partition coefficient (Wildman–Crippen LogP) is 2.22. The average Bonchev–Trinajstić information content (AvgIpc) is 2.48. The maximum absolute atomic E-state index is 13.9. The van der Waals surface area contributed by atoms with Crippen LogP contribution in [0.15, 0.2) is 23.3 Å². The number of halogens is 1. The van der Waals surface area contributed by atoms with E-state index >= 15 is 0 Å². The summed E-state index contributed by atoms with van der Waals surface area (Å²) in [5, 5.41) is 0. The predicted molar refractivity (Wildman–Crippen MR) is 79.4 cm³/mol. The monoisotopic (exact) mass is 293 g/mol. The first-order valence-corrected chi connectivity index (χ1v) is 6.79. The number of nitrogens with zero attached hydrogens (tertiary/aromatic N) is 3. The maximum atomic E-state index is 13.9. The molecule has 114 valence electrons. The summed E-state index contributed by atoms with van der Waals surface area (Å²) in [6, 6.07) is 3.52. The van der Waals surface area contributed by atoms with Crippen LogP contribution in [-0.4, -0.2) is 49.8 Å². The SMILES string of the molecule is COC(CCN1C=C(c2ccc(C)nc2F)C=NC1)OC. The molecule has 0 saturated heterocycles. The Morgan fingerprint density at radius 2 is 2.10 bits per heavy atom. The molecule has 1 aliphatic heterocycles. The van der Waals surface area contributed by atoms with E-state index in [9.17, 15) is 4.39 Å². The topological polar surface area (TPSA) is 47.0 Å². The van der Waals surface area contributed by atoms with E-state index in [4.69, 9.17) is 9.47 Å². The molecule has 0 fully saturated rings. The van der Waals surface area contributed by atoms with Crippen LogP contribution in [0.5, 0.6) is 0 Å². The minimum absolute atomic E-state index is 0.245. The van der Waals surface area contributed by atoms with Gasteiger partial charge < -0.3 is 14.4 Å². The Kier molecular flexibility index (Phi) is 5.41. The lowest BCUT2D eigenvalue weighted by Gasteiger charge is -2.24. The average molecular weight is 293 g/mol. The van der Waals surface area contributed by atoms with Crippen molar-refractivity contribution in [1.82, 2.24) is 9.88 Å². The van der Waals surface area contributed by atoms with E-state index in [1.54, 1.807) is 39.5 Å². The number of rotatable bonds is 6. The second kappa shape index (κ2) is 7.28. The zero-order valence-electron chi connectivity index (χ0n) is 12.5. The van der Waals surface area contributed by atoms with Gasteiger partial charge >= 0.3 is 0 Å². The molecule has 0 amide bonds. The van der Waals surface area contributed by atoms with E-state index in [1.807, 2.05) is 11.1 Å². The fourth-order valence-corrected chi connectivity index (χ4v) is 2.13. The number of allylic oxidation sites excluding steroid dienone is 1. The molecule has 1 aliphatic rings. The van der Waals surface area contributed by atoms with Gasteiger partial charge in [0, 0.05) is 56.4 Å². The molecule has 0 saturated carbocycles. The first-order chi connectivity index (χ1) is 10.1. The number of ether oxygens (including phenoxy) is 2. The highest BCUT2D eigenvalue weighted by Gasteiger charge is 2.14. The van der Waals surface area contributed by atoms with Crippen LogP contribution in [0.1, 0.15) is 17.7 Å². The molecule has 0 spiro atoms. The fourth-order valence-electron chi connectivity index (χ4n) is 2.13. The highest BCUT2D eigenvalue weighted by molar-refractivity contribution is 6.10. The minimum Gasteiger partial charge on any atom is -0.358 e. The molecule has 21 heavy (non-hydrogen) atoms. The molecular formula is C15H20FN3O2. The summed E-state index contributed by atoms with van der Waals surface area (Å²) in [6.07, 6.45) is 4.03. The van der Waals surface area contributed by atoms with Crippen LogP contribution >= 0.6 is 0 Å². The van der Waals surface area contributed by atoms with Crippen molar-refractivity contribution in [2.45, 2.75) is 19.6 Å². The number of aromatic nitrogens is 1. The Hall–Kier alpha value is -1.79. The highest BCUT2D eigenvalue weighted by atomic mass is 19.1. The van der Waals surface area contributed by atoms with Crippen LogP contribution in [0.2, 0.25) is 0 Å². The van der Waals surface area contributed by atoms with Crippen molar-refractivity contribution in [2.75, 3.05) is 27.4 Å². The van der Waals surface area contributed by atoms with Crippen LogP contribution in [0.25, 0.3) is 5.57 Å². The number of hydrogen-bond acceptors (Lipinski definition) is 5. The van der Waals surface area contributed by atoms with E-state index in [0.717, 1.165) is 5.57 Å². The molecule has 0 unspecified atom stereocenters. The van der Waals surface area contributed by atoms with Gasteiger partial charge in [-0.25, -0.2) is 4.98 Å². The third-order valence-electron chi connectivity index (χ3n) is 3.29. The van der Waals surface area contributed by atoms with Gasteiger partial charge in [-0.1, -0.05) is 0 Å².